The van der Waals surface area contributed by atoms with Crippen LogP contribution in [0.15, 0.2) is 12.3 Å². The molecule has 2 heterocycles. The molecule has 2 fully saturated rings. The predicted molar refractivity (Wildman–Crippen MR) is 84.1 cm³/mol. The molecule has 3 nitrogen and oxygen atoms in total. The van der Waals surface area contributed by atoms with E-state index in [1.54, 1.807) is 0 Å². The topological polar surface area (TPSA) is 28.2 Å². The van der Waals surface area contributed by atoms with E-state index in [1.807, 2.05) is 13.2 Å². The number of rotatable bonds is 3. The first-order valence-electron chi connectivity index (χ1n) is 8.16. The van der Waals surface area contributed by atoms with Crippen molar-refractivity contribution in [2.45, 2.75) is 58.0 Å². The second-order valence-electron chi connectivity index (χ2n) is 6.46. The molecule has 1 aliphatic carbocycles. The fourth-order valence-electron chi connectivity index (χ4n) is 4.12. The lowest BCUT2D eigenvalue weighted by atomic mass is 9.78. The van der Waals surface area contributed by atoms with Crippen molar-refractivity contribution in [2.24, 2.45) is 5.92 Å². The molecular weight excluding hydrogens is 246 g/mol. The second kappa shape index (κ2) is 6.13. The van der Waals surface area contributed by atoms with Gasteiger partial charge in [-0.3, -0.25) is 0 Å². The minimum absolute atomic E-state index is 0.749. The number of fused-ring (bicyclic) bond motifs is 1. The second-order valence-corrected chi connectivity index (χ2v) is 6.46. The number of pyridine rings is 1. The van der Waals surface area contributed by atoms with Crippen LogP contribution >= 0.6 is 0 Å². The molecule has 20 heavy (non-hydrogen) atoms. The van der Waals surface area contributed by atoms with E-state index in [0.29, 0.717) is 0 Å². The van der Waals surface area contributed by atoms with Gasteiger partial charge < -0.3 is 10.2 Å². The van der Waals surface area contributed by atoms with Gasteiger partial charge in [-0.1, -0.05) is 12.8 Å². The third-order valence-corrected chi connectivity index (χ3v) is 5.00. The highest BCUT2D eigenvalue weighted by atomic mass is 15.2. The smallest absolute Gasteiger partial charge is 0.131 e. The van der Waals surface area contributed by atoms with E-state index >= 15 is 0 Å². The minimum Gasteiger partial charge on any atom is -0.353 e. The molecule has 0 radical (unpaired) electrons. The van der Waals surface area contributed by atoms with Crippen molar-refractivity contribution in [2.75, 3.05) is 18.5 Å². The molecule has 110 valence electrons. The van der Waals surface area contributed by atoms with Crippen molar-refractivity contribution in [3.63, 3.8) is 0 Å². The van der Waals surface area contributed by atoms with Crippen molar-refractivity contribution in [1.82, 2.24) is 10.3 Å². The number of piperidine rings is 1. The maximum atomic E-state index is 4.80. The van der Waals surface area contributed by atoms with E-state index in [1.165, 1.54) is 62.0 Å². The van der Waals surface area contributed by atoms with Crippen molar-refractivity contribution < 1.29 is 0 Å². The number of hydrogen-bond donors (Lipinski definition) is 1. The summed E-state index contributed by atoms with van der Waals surface area (Å²) in [5.41, 5.74) is 2.62. The monoisotopic (exact) mass is 273 g/mol. The molecule has 0 spiro atoms. The first-order valence-corrected chi connectivity index (χ1v) is 8.16. The summed E-state index contributed by atoms with van der Waals surface area (Å²) in [4.78, 5) is 7.41. The van der Waals surface area contributed by atoms with E-state index in [-0.39, 0.29) is 0 Å². The highest BCUT2D eigenvalue weighted by Gasteiger charge is 2.34. The lowest BCUT2D eigenvalue weighted by molar-refractivity contribution is 0.242. The van der Waals surface area contributed by atoms with Crippen LogP contribution < -0.4 is 10.2 Å². The Kier molecular flexibility index (Phi) is 4.25. The summed E-state index contributed by atoms with van der Waals surface area (Å²) in [5, 5.41) is 3.20. The third kappa shape index (κ3) is 2.69. The summed E-state index contributed by atoms with van der Waals surface area (Å²) in [6, 6.07) is 3.05. The van der Waals surface area contributed by atoms with Crippen LogP contribution in [0, 0.1) is 12.8 Å². The Labute approximate surface area is 122 Å². The zero-order chi connectivity index (χ0) is 13.9. The molecule has 3 heteroatoms. The Morgan fingerprint density at radius 1 is 1.25 bits per heavy atom. The summed E-state index contributed by atoms with van der Waals surface area (Å²) in [7, 11) is 1.99. The Bertz CT molecular complexity index is 456. The zero-order valence-electron chi connectivity index (χ0n) is 12.9. The van der Waals surface area contributed by atoms with Gasteiger partial charge in [0.15, 0.2) is 0 Å². The third-order valence-electron chi connectivity index (χ3n) is 5.00. The predicted octanol–water partition coefficient (Wildman–Crippen LogP) is 3.27. The average molecular weight is 273 g/mol. The van der Waals surface area contributed by atoms with E-state index in [2.05, 4.69) is 23.2 Å². The number of hydrogen-bond acceptors (Lipinski definition) is 3. The number of aryl methyl sites for hydroxylation is 1. The fraction of sp³-hybridized carbons (Fsp3) is 0.706. The van der Waals surface area contributed by atoms with E-state index in [0.717, 1.165) is 18.5 Å². The molecule has 2 atom stereocenters. The summed E-state index contributed by atoms with van der Waals surface area (Å²) in [5.74, 6) is 2.15. The summed E-state index contributed by atoms with van der Waals surface area (Å²) in [6.07, 6.45) is 10.4. The van der Waals surface area contributed by atoms with E-state index in [9.17, 15) is 0 Å². The summed E-state index contributed by atoms with van der Waals surface area (Å²) >= 11 is 0. The molecule has 1 saturated carbocycles. The summed E-state index contributed by atoms with van der Waals surface area (Å²) < 4.78 is 0. The molecule has 0 unspecified atom stereocenters. The number of nitrogens with one attached hydrogen (secondary N) is 1. The number of aromatic nitrogens is 1. The molecule has 0 bridgehead atoms. The van der Waals surface area contributed by atoms with Gasteiger partial charge in [0, 0.05) is 25.3 Å². The average Bonchev–Trinajstić information content (AvgIpc) is 2.47. The van der Waals surface area contributed by atoms with Gasteiger partial charge in [-0.25, -0.2) is 4.98 Å². The Morgan fingerprint density at radius 2 is 2.05 bits per heavy atom. The van der Waals surface area contributed by atoms with Crippen LogP contribution in [0.25, 0.3) is 0 Å². The lowest BCUT2D eigenvalue weighted by Crippen LogP contribution is -2.47. The van der Waals surface area contributed by atoms with Crippen molar-refractivity contribution in [1.29, 1.82) is 0 Å². The van der Waals surface area contributed by atoms with Gasteiger partial charge in [-0.2, -0.15) is 0 Å². The molecule has 0 amide bonds. The highest BCUT2D eigenvalue weighted by Crippen LogP contribution is 2.37. The fourth-order valence-corrected chi connectivity index (χ4v) is 4.12. The van der Waals surface area contributed by atoms with Crippen LogP contribution in [-0.2, 0) is 6.54 Å². The molecule has 1 saturated heterocycles. The van der Waals surface area contributed by atoms with Crippen LogP contribution in [0.3, 0.4) is 0 Å². The Balaban J connectivity index is 1.83. The number of anilines is 1. The molecule has 1 N–H and O–H groups in total. The maximum Gasteiger partial charge on any atom is 0.131 e. The highest BCUT2D eigenvalue weighted by molar-refractivity contribution is 5.49. The normalized spacial score (nSPS) is 26.4. The largest absolute Gasteiger partial charge is 0.353 e. The van der Waals surface area contributed by atoms with Crippen molar-refractivity contribution >= 4 is 5.82 Å². The van der Waals surface area contributed by atoms with Gasteiger partial charge in [0.25, 0.3) is 0 Å². The van der Waals surface area contributed by atoms with Crippen molar-refractivity contribution in [3.05, 3.63) is 23.4 Å². The van der Waals surface area contributed by atoms with E-state index in [4.69, 9.17) is 4.98 Å². The van der Waals surface area contributed by atoms with Crippen molar-refractivity contribution in [3.8, 4) is 0 Å². The van der Waals surface area contributed by atoms with Crippen LogP contribution in [0.2, 0.25) is 0 Å². The van der Waals surface area contributed by atoms with Gasteiger partial charge in [-0.15, -0.1) is 0 Å². The van der Waals surface area contributed by atoms with Crippen LogP contribution in [0.5, 0.6) is 0 Å². The number of nitrogens with zero attached hydrogens (tertiary/aromatic N) is 2. The van der Waals surface area contributed by atoms with Gasteiger partial charge in [0.1, 0.15) is 5.82 Å². The van der Waals surface area contributed by atoms with Gasteiger partial charge >= 0.3 is 0 Å². The molecular formula is C17H27N3. The maximum absolute atomic E-state index is 4.80. The quantitative estimate of drug-likeness (QED) is 0.916. The van der Waals surface area contributed by atoms with Gasteiger partial charge in [0.2, 0.25) is 0 Å². The van der Waals surface area contributed by atoms with Gasteiger partial charge in [-0.05, 0) is 62.8 Å². The van der Waals surface area contributed by atoms with Crippen LogP contribution in [-0.4, -0.2) is 24.6 Å². The summed E-state index contributed by atoms with van der Waals surface area (Å²) in [6.45, 7) is 4.31. The minimum atomic E-state index is 0.749. The zero-order valence-corrected chi connectivity index (χ0v) is 12.9. The Morgan fingerprint density at radius 3 is 2.85 bits per heavy atom. The molecule has 3 rings (SSSR count). The first-order chi connectivity index (χ1) is 9.79. The van der Waals surface area contributed by atoms with Gasteiger partial charge in [0.05, 0.1) is 0 Å². The van der Waals surface area contributed by atoms with Crippen LogP contribution in [0.4, 0.5) is 5.82 Å². The van der Waals surface area contributed by atoms with Crippen LogP contribution in [0.1, 0.15) is 49.7 Å². The molecule has 1 aliphatic heterocycles. The molecule has 1 aromatic heterocycles. The Hall–Kier alpha value is -1.09. The standard InChI is InChI=1S/C17H27N3/c1-13-10-14(11-18-2)12-19-17(13)20-9-5-7-15-6-3-4-8-16(15)20/h10,12,15-16,18H,3-9,11H2,1-2H3/t15-,16-/m1/s1. The molecule has 2 aliphatic rings. The lowest BCUT2D eigenvalue weighted by Gasteiger charge is -2.45. The molecule has 0 aromatic carbocycles. The SMILES string of the molecule is CNCc1cnc(N2CCC[C@H]3CCCC[C@H]32)c(C)c1. The molecule has 1 aromatic rings. The van der Waals surface area contributed by atoms with E-state index < -0.39 is 0 Å². The first kappa shape index (κ1) is 13.9.